The summed E-state index contributed by atoms with van der Waals surface area (Å²) in [5.74, 6) is -6.12. The van der Waals surface area contributed by atoms with Crippen molar-refractivity contribution in [3.8, 4) is 0 Å². The third-order valence-corrected chi connectivity index (χ3v) is 14.6. The Hall–Kier alpha value is -5.20. The quantitative estimate of drug-likeness (QED) is 0.140. The summed E-state index contributed by atoms with van der Waals surface area (Å²) in [5.41, 5.74) is -8.34. The van der Waals surface area contributed by atoms with Crippen molar-refractivity contribution in [1.82, 2.24) is 10.2 Å². The lowest BCUT2D eigenvalue weighted by Crippen LogP contribution is -2.81. The fourth-order valence-corrected chi connectivity index (χ4v) is 11.1. The van der Waals surface area contributed by atoms with Gasteiger partial charge in [0.25, 0.3) is 0 Å². The van der Waals surface area contributed by atoms with Crippen molar-refractivity contribution in [3.05, 3.63) is 82.9 Å². The van der Waals surface area contributed by atoms with E-state index < -0.39 is 118 Å². The SMILES string of the molecule is CC(=O)O[C@@]12CO[C@@H]1C[C@H](O)[C@@]1(C)C(=O)[C@H](O)C3=C(C)[C@@H](OC(=O)[C@H](OC(=O)CN4CCCCC4)[C@@H](NC(=O)OC(C)(C)C)c4ccccc4)C[C@@](O)([C@@H](OC(=O)c4ccccc4)[C@@H]21)C3(C)C. The summed E-state index contributed by atoms with van der Waals surface area (Å²) in [6, 6.07) is 14.8. The third-order valence-electron chi connectivity index (χ3n) is 14.6. The van der Waals surface area contributed by atoms with Crippen molar-refractivity contribution in [2.75, 3.05) is 26.2 Å². The number of hydrogen-bond donors (Lipinski definition) is 4. The van der Waals surface area contributed by atoms with Gasteiger partial charge in [0.05, 0.1) is 36.2 Å². The van der Waals surface area contributed by atoms with Crippen LogP contribution in [0, 0.1) is 16.7 Å². The van der Waals surface area contributed by atoms with Crippen molar-refractivity contribution in [3.63, 3.8) is 0 Å². The van der Waals surface area contributed by atoms with Crippen LogP contribution in [0.3, 0.4) is 0 Å². The van der Waals surface area contributed by atoms with Gasteiger partial charge in [-0.15, -0.1) is 0 Å². The molecule has 4 N–H and O–H groups in total. The van der Waals surface area contributed by atoms with Crippen LogP contribution in [0.5, 0.6) is 0 Å². The summed E-state index contributed by atoms with van der Waals surface area (Å²) in [6.07, 6.45) is -8.77. The lowest BCUT2D eigenvalue weighted by atomic mass is 9.44. The Bertz CT molecular complexity index is 2250. The first-order valence-corrected chi connectivity index (χ1v) is 23.0. The van der Waals surface area contributed by atoms with Crippen molar-refractivity contribution in [1.29, 1.82) is 0 Å². The highest BCUT2D eigenvalue weighted by Gasteiger charge is 2.78. The van der Waals surface area contributed by atoms with E-state index in [1.165, 1.54) is 26.0 Å². The molecule has 17 heteroatoms. The Morgan fingerprint density at radius 3 is 2.13 bits per heavy atom. The Kier molecular flexibility index (Phi) is 13.9. The molecule has 1 amide bonds. The Labute approximate surface area is 390 Å². The van der Waals surface area contributed by atoms with Gasteiger partial charge >= 0.3 is 30.0 Å². The molecule has 2 bridgehead atoms. The van der Waals surface area contributed by atoms with E-state index in [2.05, 4.69) is 5.32 Å². The molecule has 0 radical (unpaired) electrons. The number of nitrogens with zero attached hydrogens (tertiary/aromatic N) is 1. The van der Waals surface area contributed by atoms with Crippen molar-refractivity contribution in [2.45, 2.75) is 147 Å². The number of rotatable bonds is 11. The van der Waals surface area contributed by atoms with Crippen LogP contribution in [-0.4, -0.2) is 136 Å². The minimum Gasteiger partial charge on any atom is -0.455 e. The molecular formula is C50H64N2O15. The maximum atomic E-state index is 15.2. The number of ketones is 1. The van der Waals surface area contributed by atoms with Gasteiger partial charge in [-0.1, -0.05) is 68.8 Å². The molecule has 0 aromatic heterocycles. The van der Waals surface area contributed by atoms with Crippen LogP contribution in [-0.2, 0) is 47.6 Å². The fourth-order valence-electron chi connectivity index (χ4n) is 11.1. The third kappa shape index (κ3) is 9.24. The maximum absolute atomic E-state index is 15.2. The number of nitrogens with one attached hydrogen (secondary N) is 1. The molecule has 2 aromatic carbocycles. The normalized spacial score (nSPS) is 32.3. The van der Waals surface area contributed by atoms with Crippen LogP contribution in [0.4, 0.5) is 4.79 Å². The molecule has 364 valence electrons. The number of likely N-dealkylation sites (tertiary alicyclic amines) is 1. The van der Waals surface area contributed by atoms with Crippen LogP contribution < -0.4 is 5.32 Å². The van der Waals surface area contributed by atoms with Gasteiger partial charge in [0.2, 0.25) is 6.10 Å². The van der Waals surface area contributed by atoms with Gasteiger partial charge in [0.1, 0.15) is 41.7 Å². The smallest absolute Gasteiger partial charge is 0.408 e. The number of aliphatic hydroxyl groups is 3. The molecule has 4 fully saturated rings. The summed E-state index contributed by atoms with van der Waals surface area (Å²) in [6.45, 7) is 13.0. The number of carbonyl (C=O) groups is 6. The number of piperidine rings is 1. The van der Waals surface area contributed by atoms with E-state index in [9.17, 15) is 34.5 Å². The number of hydrogen-bond acceptors (Lipinski definition) is 16. The highest BCUT2D eigenvalue weighted by atomic mass is 16.6. The lowest BCUT2D eigenvalue weighted by Gasteiger charge is -2.67. The van der Waals surface area contributed by atoms with E-state index in [-0.39, 0.29) is 36.3 Å². The molecule has 2 saturated heterocycles. The standard InChI is InChI=1S/C50H64N2O15/c1-28-32(63-44(59)39(64-35(55)26-52-22-16-11-17-23-52)37(30-18-12-9-13-19-30)51-45(60)67-46(3,4)5)25-50(61)42(65-43(58)31-20-14-10-15-21-31)40-48(8,41(57)38(56)36(28)47(50,6)7)33(54)24-34-49(40,27-62-34)66-29(2)53/h9-10,12-15,18-21,32-34,37-40,42,54,56,61H,11,16-17,22-27H2,1-8H3,(H,51,60)/t32-,33-,34+,37-,38+,39+,40+,42-,48+,49-,50+/m0/s1. The minimum absolute atomic E-state index is 0.0720. The molecule has 2 saturated carbocycles. The van der Waals surface area contributed by atoms with E-state index in [0.29, 0.717) is 18.7 Å². The van der Waals surface area contributed by atoms with Crippen LogP contribution >= 0.6 is 0 Å². The second-order valence-corrected chi connectivity index (χ2v) is 20.4. The first-order valence-electron chi connectivity index (χ1n) is 23.0. The van der Waals surface area contributed by atoms with Crippen molar-refractivity contribution >= 4 is 35.8 Å². The average molecular weight is 933 g/mol. The van der Waals surface area contributed by atoms with Crippen LogP contribution in [0.1, 0.15) is 109 Å². The molecule has 0 unspecified atom stereocenters. The number of aliphatic hydroxyl groups excluding tert-OH is 2. The predicted molar refractivity (Wildman–Crippen MR) is 238 cm³/mol. The van der Waals surface area contributed by atoms with Gasteiger partial charge in [-0.2, -0.15) is 0 Å². The molecule has 11 atom stereocenters. The van der Waals surface area contributed by atoms with Gasteiger partial charge in [-0.3, -0.25) is 19.3 Å². The maximum Gasteiger partial charge on any atom is 0.408 e. The second-order valence-electron chi connectivity index (χ2n) is 20.4. The first kappa shape index (κ1) is 49.7. The van der Waals surface area contributed by atoms with E-state index in [0.717, 1.165) is 26.2 Å². The zero-order valence-electron chi connectivity index (χ0n) is 39.4. The number of benzene rings is 2. The summed E-state index contributed by atoms with van der Waals surface area (Å²) < 4.78 is 36.3. The molecule has 0 spiro atoms. The minimum atomic E-state index is -2.40. The molecule has 2 aliphatic heterocycles. The summed E-state index contributed by atoms with van der Waals surface area (Å²) in [5, 5.41) is 40.9. The van der Waals surface area contributed by atoms with Gasteiger partial charge < -0.3 is 49.1 Å². The highest BCUT2D eigenvalue weighted by molar-refractivity contribution is 5.94. The number of esters is 4. The number of Topliss-reactive ketones (excluding diaryl/α,β-unsaturated/α-hetero) is 1. The van der Waals surface area contributed by atoms with E-state index in [1.807, 2.05) is 4.90 Å². The number of fused-ring (bicyclic) bond motifs is 5. The van der Waals surface area contributed by atoms with E-state index in [4.69, 9.17) is 28.4 Å². The number of alkyl carbamates (subject to hydrolysis) is 1. The van der Waals surface area contributed by atoms with Gasteiger partial charge in [-0.25, -0.2) is 14.4 Å². The zero-order chi connectivity index (χ0) is 48.9. The van der Waals surface area contributed by atoms with Crippen LogP contribution in [0.2, 0.25) is 0 Å². The Balaban J connectivity index is 1.36. The molecule has 17 nitrogen and oxygen atoms in total. The second kappa shape index (κ2) is 18.7. The monoisotopic (exact) mass is 932 g/mol. The van der Waals surface area contributed by atoms with Crippen molar-refractivity contribution < 1.29 is 72.5 Å². The predicted octanol–water partition coefficient (Wildman–Crippen LogP) is 4.30. The molecule has 2 heterocycles. The Morgan fingerprint density at radius 1 is 0.925 bits per heavy atom. The number of amides is 1. The van der Waals surface area contributed by atoms with Crippen molar-refractivity contribution in [2.24, 2.45) is 16.7 Å². The molecule has 67 heavy (non-hydrogen) atoms. The molecule has 3 aliphatic carbocycles. The number of ether oxygens (including phenoxy) is 6. The number of carbonyl (C=O) groups excluding carboxylic acids is 6. The zero-order valence-corrected chi connectivity index (χ0v) is 39.4. The van der Waals surface area contributed by atoms with Gasteiger partial charge in [-0.05, 0) is 89.4 Å². The van der Waals surface area contributed by atoms with Gasteiger partial charge in [0, 0.05) is 25.2 Å². The fraction of sp³-hybridized carbons (Fsp3) is 0.600. The molecular weight excluding hydrogens is 869 g/mol. The largest absolute Gasteiger partial charge is 0.455 e. The first-order chi connectivity index (χ1) is 31.4. The summed E-state index contributed by atoms with van der Waals surface area (Å²) in [7, 11) is 0. The van der Waals surface area contributed by atoms with E-state index >= 15 is 9.59 Å². The molecule has 7 rings (SSSR count). The molecule has 5 aliphatic rings. The van der Waals surface area contributed by atoms with Crippen LogP contribution in [0.15, 0.2) is 71.8 Å². The Morgan fingerprint density at radius 2 is 1.55 bits per heavy atom. The van der Waals surface area contributed by atoms with Crippen LogP contribution in [0.25, 0.3) is 0 Å². The molecule has 2 aromatic rings. The highest BCUT2D eigenvalue weighted by Crippen LogP contribution is 2.64. The summed E-state index contributed by atoms with van der Waals surface area (Å²) in [4.78, 5) is 86.9. The topological polar surface area (TPSA) is 234 Å². The summed E-state index contributed by atoms with van der Waals surface area (Å²) >= 11 is 0. The van der Waals surface area contributed by atoms with Gasteiger partial charge in [0.15, 0.2) is 11.4 Å². The lowest BCUT2D eigenvalue weighted by molar-refractivity contribution is -0.346. The van der Waals surface area contributed by atoms with E-state index in [1.54, 1.807) is 83.1 Å². The average Bonchev–Trinajstić information content (AvgIpc) is 3.26.